The molecule has 0 aliphatic carbocycles. The van der Waals surface area contributed by atoms with E-state index in [4.69, 9.17) is 0 Å². The lowest BCUT2D eigenvalue weighted by atomic mass is 10.1. The third-order valence-electron chi connectivity index (χ3n) is 3.03. The summed E-state index contributed by atoms with van der Waals surface area (Å²) in [7, 11) is 0. The number of hydrogen-bond acceptors (Lipinski definition) is 2. The van der Waals surface area contributed by atoms with Crippen molar-refractivity contribution in [2.24, 2.45) is 0 Å². The van der Waals surface area contributed by atoms with Crippen molar-refractivity contribution >= 4 is 27.7 Å². The summed E-state index contributed by atoms with van der Waals surface area (Å²) in [5.41, 5.74) is 0.764. The lowest BCUT2D eigenvalue weighted by molar-refractivity contribution is 0.502. The first kappa shape index (κ1) is 16.5. The summed E-state index contributed by atoms with van der Waals surface area (Å²) < 4.78 is 27.4. The van der Waals surface area contributed by atoms with Gasteiger partial charge in [0.1, 0.15) is 0 Å². The van der Waals surface area contributed by atoms with Crippen molar-refractivity contribution in [3.05, 3.63) is 64.1 Å². The van der Waals surface area contributed by atoms with E-state index in [1.54, 1.807) is 17.8 Å². The van der Waals surface area contributed by atoms with Crippen LogP contribution in [0.5, 0.6) is 0 Å². The second-order valence-corrected chi connectivity index (χ2v) is 6.56. The predicted molar refractivity (Wildman–Crippen MR) is 87.6 cm³/mol. The van der Waals surface area contributed by atoms with Crippen molar-refractivity contribution in [3.63, 3.8) is 0 Å². The molecule has 1 unspecified atom stereocenters. The van der Waals surface area contributed by atoms with Gasteiger partial charge in [0.05, 0.1) is 0 Å². The minimum Gasteiger partial charge on any atom is -0.309 e. The van der Waals surface area contributed by atoms with E-state index in [0.717, 1.165) is 27.2 Å². The number of benzene rings is 2. The number of thioether (sulfide) groups is 1. The Bertz CT molecular complexity index is 589. The van der Waals surface area contributed by atoms with Gasteiger partial charge in [0.25, 0.3) is 0 Å². The van der Waals surface area contributed by atoms with Gasteiger partial charge < -0.3 is 5.32 Å². The SMILES string of the molecule is CCNC(CSc1ccc(Br)cc1)c1ccc(F)c(F)c1. The molecule has 2 aromatic carbocycles. The molecule has 0 spiro atoms. The van der Waals surface area contributed by atoms with Gasteiger partial charge in [-0.1, -0.05) is 28.9 Å². The summed E-state index contributed by atoms with van der Waals surface area (Å²) in [6.07, 6.45) is 0. The zero-order valence-electron chi connectivity index (χ0n) is 11.6. The molecule has 2 aromatic rings. The van der Waals surface area contributed by atoms with E-state index in [-0.39, 0.29) is 6.04 Å². The molecule has 0 heterocycles. The molecule has 112 valence electrons. The lowest BCUT2D eigenvalue weighted by Crippen LogP contribution is -2.23. The Balaban J connectivity index is 2.07. The molecule has 0 saturated heterocycles. The van der Waals surface area contributed by atoms with Gasteiger partial charge in [-0.05, 0) is 48.5 Å². The molecule has 1 N–H and O–H groups in total. The maximum atomic E-state index is 13.4. The highest BCUT2D eigenvalue weighted by Gasteiger charge is 2.13. The predicted octanol–water partition coefficient (Wildman–Crippen LogP) is 5.17. The first-order chi connectivity index (χ1) is 10.1. The van der Waals surface area contributed by atoms with Gasteiger partial charge in [0.2, 0.25) is 0 Å². The van der Waals surface area contributed by atoms with Crippen LogP contribution in [0.4, 0.5) is 8.78 Å². The van der Waals surface area contributed by atoms with Crippen LogP contribution in [0.3, 0.4) is 0 Å². The first-order valence-corrected chi connectivity index (χ1v) is 8.44. The normalized spacial score (nSPS) is 12.4. The lowest BCUT2D eigenvalue weighted by Gasteiger charge is -2.18. The summed E-state index contributed by atoms with van der Waals surface area (Å²) in [5, 5.41) is 3.31. The van der Waals surface area contributed by atoms with Crippen LogP contribution in [0, 0.1) is 11.6 Å². The van der Waals surface area contributed by atoms with Crippen LogP contribution in [0.15, 0.2) is 51.8 Å². The first-order valence-electron chi connectivity index (χ1n) is 6.67. The monoisotopic (exact) mass is 371 g/mol. The Hall–Kier alpha value is -0.910. The second kappa shape index (κ2) is 7.92. The Morgan fingerprint density at radius 1 is 1.10 bits per heavy atom. The van der Waals surface area contributed by atoms with Crippen LogP contribution in [-0.4, -0.2) is 12.3 Å². The van der Waals surface area contributed by atoms with Crippen LogP contribution in [0.1, 0.15) is 18.5 Å². The highest BCUT2D eigenvalue weighted by Crippen LogP contribution is 2.26. The Morgan fingerprint density at radius 2 is 1.81 bits per heavy atom. The van der Waals surface area contributed by atoms with Crippen molar-refractivity contribution in [3.8, 4) is 0 Å². The number of rotatable bonds is 6. The molecule has 0 bridgehead atoms. The fourth-order valence-electron chi connectivity index (χ4n) is 1.96. The van der Waals surface area contributed by atoms with Gasteiger partial charge in [-0.3, -0.25) is 0 Å². The number of nitrogens with one attached hydrogen (secondary N) is 1. The molecule has 0 aromatic heterocycles. The summed E-state index contributed by atoms with van der Waals surface area (Å²) in [6.45, 7) is 2.77. The van der Waals surface area contributed by atoms with E-state index in [2.05, 4.69) is 21.2 Å². The molecule has 0 radical (unpaired) electrons. The highest BCUT2D eigenvalue weighted by molar-refractivity contribution is 9.10. The van der Waals surface area contributed by atoms with Gasteiger partial charge in [0, 0.05) is 21.2 Å². The molecule has 0 aliphatic heterocycles. The molecule has 0 amide bonds. The molecule has 21 heavy (non-hydrogen) atoms. The van der Waals surface area contributed by atoms with E-state index >= 15 is 0 Å². The van der Waals surface area contributed by atoms with Crippen LogP contribution in [0.25, 0.3) is 0 Å². The van der Waals surface area contributed by atoms with Crippen molar-refractivity contribution < 1.29 is 8.78 Å². The average Bonchev–Trinajstić information content (AvgIpc) is 2.48. The summed E-state index contributed by atoms with van der Waals surface area (Å²) in [6, 6.07) is 12.1. The van der Waals surface area contributed by atoms with E-state index < -0.39 is 11.6 Å². The average molecular weight is 372 g/mol. The summed E-state index contributed by atoms with van der Waals surface area (Å²) in [4.78, 5) is 1.14. The molecular formula is C16H16BrF2NS. The Morgan fingerprint density at radius 3 is 2.43 bits per heavy atom. The van der Waals surface area contributed by atoms with Gasteiger partial charge >= 0.3 is 0 Å². The van der Waals surface area contributed by atoms with Gasteiger partial charge in [0.15, 0.2) is 11.6 Å². The van der Waals surface area contributed by atoms with Crippen molar-refractivity contribution in [1.82, 2.24) is 5.32 Å². The van der Waals surface area contributed by atoms with Crippen molar-refractivity contribution in [2.75, 3.05) is 12.3 Å². The quantitative estimate of drug-likeness (QED) is 0.702. The maximum Gasteiger partial charge on any atom is 0.159 e. The molecule has 1 atom stereocenters. The molecule has 0 fully saturated rings. The highest BCUT2D eigenvalue weighted by atomic mass is 79.9. The maximum absolute atomic E-state index is 13.4. The standard InChI is InChI=1S/C16H16BrF2NS/c1-2-20-16(11-3-8-14(18)15(19)9-11)10-21-13-6-4-12(17)5-7-13/h3-9,16,20H,2,10H2,1H3. The Kier molecular flexibility index (Phi) is 6.21. The van der Waals surface area contributed by atoms with Crippen LogP contribution < -0.4 is 5.32 Å². The van der Waals surface area contributed by atoms with Crippen LogP contribution in [0.2, 0.25) is 0 Å². The Labute approximate surface area is 136 Å². The fraction of sp³-hybridized carbons (Fsp3) is 0.250. The van der Waals surface area contributed by atoms with E-state index in [9.17, 15) is 8.78 Å². The molecule has 5 heteroatoms. The van der Waals surface area contributed by atoms with Crippen molar-refractivity contribution in [2.45, 2.75) is 17.9 Å². The molecule has 1 nitrogen and oxygen atoms in total. The van der Waals surface area contributed by atoms with Crippen molar-refractivity contribution in [1.29, 1.82) is 0 Å². The smallest absolute Gasteiger partial charge is 0.159 e. The molecule has 2 rings (SSSR count). The zero-order valence-corrected chi connectivity index (χ0v) is 14.0. The molecular weight excluding hydrogens is 356 g/mol. The zero-order chi connectivity index (χ0) is 15.2. The summed E-state index contributed by atoms with van der Waals surface area (Å²) >= 11 is 5.09. The van der Waals surface area contributed by atoms with Crippen LogP contribution in [-0.2, 0) is 0 Å². The van der Waals surface area contributed by atoms with E-state index in [1.165, 1.54) is 12.1 Å². The third-order valence-corrected chi connectivity index (χ3v) is 4.66. The van der Waals surface area contributed by atoms with Gasteiger partial charge in [-0.2, -0.15) is 0 Å². The van der Waals surface area contributed by atoms with Gasteiger partial charge in [-0.15, -0.1) is 11.8 Å². The molecule has 0 saturated carbocycles. The second-order valence-electron chi connectivity index (χ2n) is 4.55. The minimum absolute atomic E-state index is 0.0150. The summed E-state index contributed by atoms with van der Waals surface area (Å²) in [5.74, 6) is -0.862. The molecule has 0 aliphatic rings. The van der Waals surface area contributed by atoms with Crippen LogP contribution >= 0.6 is 27.7 Å². The fourth-order valence-corrected chi connectivity index (χ4v) is 3.22. The third kappa shape index (κ3) is 4.80. The largest absolute Gasteiger partial charge is 0.309 e. The number of halogens is 3. The topological polar surface area (TPSA) is 12.0 Å². The van der Waals surface area contributed by atoms with E-state index in [0.29, 0.717) is 0 Å². The minimum atomic E-state index is -0.811. The van der Waals surface area contributed by atoms with Gasteiger partial charge in [-0.25, -0.2) is 8.78 Å². The van der Waals surface area contributed by atoms with E-state index in [1.807, 2.05) is 31.2 Å². The number of hydrogen-bond donors (Lipinski definition) is 1.